The van der Waals surface area contributed by atoms with Crippen molar-refractivity contribution in [2.75, 3.05) is 18.5 Å². The number of hydrogen-bond acceptors (Lipinski definition) is 2. The summed E-state index contributed by atoms with van der Waals surface area (Å²) in [5, 5.41) is 0.785. The van der Waals surface area contributed by atoms with Crippen LogP contribution in [0.5, 0.6) is 0 Å². The number of nitrogens with zero attached hydrogens (tertiary/aromatic N) is 1. The molecule has 1 atom stereocenters. The standard InChI is InChI=1S/C14H23ClN2/c1-4-5-8-17(3)14-7-6-13(15)10-12(14)9-11(2)16/h6-7,10-11H,4-5,8-9,16H2,1-3H3. The highest BCUT2D eigenvalue weighted by Gasteiger charge is 2.09. The third-order valence-corrected chi connectivity index (χ3v) is 3.08. The topological polar surface area (TPSA) is 29.3 Å². The van der Waals surface area contributed by atoms with Gasteiger partial charge in [-0.15, -0.1) is 0 Å². The van der Waals surface area contributed by atoms with Gasteiger partial charge in [-0.2, -0.15) is 0 Å². The molecule has 1 aromatic rings. The highest BCUT2D eigenvalue weighted by Crippen LogP contribution is 2.25. The lowest BCUT2D eigenvalue weighted by Crippen LogP contribution is -2.23. The van der Waals surface area contributed by atoms with Gasteiger partial charge >= 0.3 is 0 Å². The average molecular weight is 255 g/mol. The maximum absolute atomic E-state index is 6.05. The Bertz CT molecular complexity index is 350. The fraction of sp³-hybridized carbons (Fsp3) is 0.571. The largest absolute Gasteiger partial charge is 0.374 e. The van der Waals surface area contributed by atoms with E-state index in [0.29, 0.717) is 0 Å². The molecule has 1 aromatic carbocycles. The van der Waals surface area contributed by atoms with Crippen molar-refractivity contribution >= 4 is 17.3 Å². The first-order valence-corrected chi connectivity index (χ1v) is 6.67. The van der Waals surface area contributed by atoms with Crippen LogP contribution in [0.15, 0.2) is 18.2 Å². The lowest BCUT2D eigenvalue weighted by atomic mass is 10.0. The molecule has 0 fully saturated rings. The minimum Gasteiger partial charge on any atom is -0.374 e. The van der Waals surface area contributed by atoms with Crippen LogP contribution in [0, 0.1) is 0 Å². The number of unbranched alkanes of at least 4 members (excludes halogenated alkanes) is 1. The SMILES string of the molecule is CCCCN(C)c1ccc(Cl)cc1CC(C)N. The summed E-state index contributed by atoms with van der Waals surface area (Å²) in [5.74, 6) is 0. The van der Waals surface area contributed by atoms with Gasteiger partial charge in [0.2, 0.25) is 0 Å². The quantitative estimate of drug-likeness (QED) is 0.842. The predicted molar refractivity (Wildman–Crippen MR) is 77.0 cm³/mol. The molecule has 0 amide bonds. The molecule has 0 saturated carbocycles. The Morgan fingerprint density at radius 3 is 2.71 bits per heavy atom. The Morgan fingerprint density at radius 1 is 1.41 bits per heavy atom. The summed E-state index contributed by atoms with van der Waals surface area (Å²) >= 11 is 6.05. The van der Waals surface area contributed by atoms with Gasteiger partial charge in [-0.3, -0.25) is 0 Å². The van der Waals surface area contributed by atoms with E-state index in [1.165, 1.54) is 24.1 Å². The Balaban J connectivity index is 2.88. The van der Waals surface area contributed by atoms with Gasteiger partial charge in [0, 0.05) is 30.3 Å². The normalized spacial score (nSPS) is 12.5. The van der Waals surface area contributed by atoms with Crippen LogP contribution in [-0.2, 0) is 6.42 Å². The van der Waals surface area contributed by atoms with Crippen LogP contribution in [0.2, 0.25) is 5.02 Å². The van der Waals surface area contributed by atoms with E-state index in [1.54, 1.807) is 0 Å². The van der Waals surface area contributed by atoms with Crippen molar-refractivity contribution < 1.29 is 0 Å². The van der Waals surface area contributed by atoms with Crippen molar-refractivity contribution in [1.29, 1.82) is 0 Å². The van der Waals surface area contributed by atoms with Gasteiger partial charge < -0.3 is 10.6 Å². The molecule has 0 bridgehead atoms. The molecule has 0 spiro atoms. The van der Waals surface area contributed by atoms with E-state index in [-0.39, 0.29) is 6.04 Å². The molecule has 0 saturated heterocycles. The monoisotopic (exact) mass is 254 g/mol. The lowest BCUT2D eigenvalue weighted by molar-refractivity contribution is 0.726. The highest BCUT2D eigenvalue weighted by molar-refractivity contribution is 6.30. The Morgan fingerprint density at radius 2 is 2.12 bits per heavy atom. The molecule has 0 heterocycles. The predicted octanol–water partition coefficient (Wildman–Crippen LogP) is 3.47. The summed E-state index contributed by atoms with van der Waals surface area (Å²) in [7, 11) is 2.13. The number of halogens is 1. The highest BCUT2D eigenvalue weighted by atomic mass is 35.5. The van der Waals surface area contributed by atoms with Gasteiger partial charge in [0.15, 0.2) is 0 Å². The summed E-state index contributed by atoms with van der Waals surface area (Å²) in [6.07, 6.45) is 3.28. The molecule has 0 radical (unpaired) electrons. The average Bonchev–Trinajstić information content (AvgIpc) is 2.25. The van der Waals surface area contributed by atoms with Gasteiger partial charge in [-0.05, 0) is 43.5 Å². The van der Waals surface area contributed by atoms with E-state index in [0.717, 1.165) is 18.0 Å². The number of benzene rings is 1. The maximum Gasteiger partial charge on any atom is 0.0410 e. The van der Waals surface area contributed by atoms with E-state index in [4.69, 9.17) is 17.3 Å². The molecule has 1 unspecified atom stereocenters. The number of anilines is 1. The van der Waals surface area contributed by atoms with E-state index in [2.05, 4.69) is 24.9 Å². The van der Waals surface area contributed by atoms with E-state index in [1.807, 2.05) is 19.1 Å². The molecular formula is C14H23ClN2. The summed E-state index contributed by atoms with van der Waals surface area (Å²) in [6, 6.07) is 6.23. The second-order valence-electron chi connectivity index (χ2n) is 4.73. The first-order chi connectivity index (χ1) is 8.04. The fourth-order valence-corrected chi connectivity index (χ4v) is 2.15. The minimum absolute atomic E-state index is 0.159. The zero-order chi connectivity index (χ0) is 12.8. The van der Waals surface area contributed by atoms with Crippen LogP contribution in [-0.4, -0.2) is 19.6 Å². The van der Waals surface area contributed by atoms with Gasteiger partial charge in [-0.25, -0.2) is 0 Å². The lowest BCUT2D eigenvalue weighted by Gasteiger charge is -2.23. The molecule has 1 rings (SSSR count). The van der Waals surface area contributed by atoms with Crippen LogP contribution in [0.25, 0.3) is 0 Å². The summed E-state index contributed by atoms with van der Waals surface area (Å²) < 4.78 is 0. The molecule has 96 valence electrons. The molecule has 17 heavy (non-hydrogen) atoms. The number of hydrogen-bond donors (Lipinski definition) is 1. The third kappa shape index (κ3) is 4.57. The molecule has 2 N–H and O–H groups in total. The number of nitrogens with two attached hydrogens (primary N) is 1. The van der Waals surface area contributed by atoms with E-state index >= 15 is 0 Å². The number of rotatable bonds is 6. The first-order valence-electron chi connectivity index (χ1n) is 6.29. The molecule has 0 aliphatic heterocycles. The Hall–Kier alpha value is -0.730. The second kappa shape index (κ2) is 6.87. The molecule has 0 aliphatic rings. The molecule has 2 nitrogen and oxygen atoms in total. The van der Waals surface area contributed by atoms with Crippen LogP contribution >= 0.6 is 11.6 Å². The van der Waals surface area contributed by atoms with Crippen molar-refractivity contribution in [1.82, 2.24) is 0 Å². The van der Waals surface area contributed by atoms with Gasteiger partial charge in [0.25, 0.3) is 0 Å². The van der Waals surface area contributed by atoms with Gasteiger partial charge in [0.1, 0.15) is 0 Å². The zero-order valence-corrected chi connectivity index (χ0v) is 11.8. The van der Waals surface area contributed by atoms with Crippen molar-refractivity contribution in [3.05, 3.63) is 28.8 Å². The second-order valence-corrected chi connectivity index (χ2v) is 5.17. The Labute approximate surface area is 110 Å². The van der Waals surface area contributed by atoms with Crippen LogP contribution in [0.1, 0.15) is 32.3 Å². The molecule has 0 aliphatic carbocycles. The summed E-state index contributed by atoms with van der Waals surface area (Å²) in [4.78, 5) is 2.29. The summed E-state index contributed by atoms with van der Waals surface area (Å²) in [6.45, 7) is 5.30. The Kier molecular flexibility index (Phi) is 5.79. The zero-order valence-electron chi connectivity index (χ0n) is 11.0. The fourth-order valence-electron chi connectivity index (χ4n) is 1.95. The molecule has 3 heteroatoms. The van der Waals surface area contributed by atoms with Crippen molar-refractivity contribution in [2.24, 2.45) is 5.73 Å². The smallest absolute Gasteiger partial charge is 0.0410 e. The van der Waals surface area contributed by atoms with E-state index < -0.39 is 0 Å². The van der Waals surface area contributed by atoms with Crippen LogP contribution in [0.4, 0.5) is 5.69 Å². The molecule has 0 aromatic heterocycles. The van der Waals surface area contributed by atoms with Crippen LogP contribution in [0.3, 0.4) is 0 Å². The van der Waals surface area contributed by atoms with E-state index in [9.17, 15) is 0 Å². The van der Waals surface area contributed by atoms with Crippen molar-refractivity contribution in [3.63, 3.8) is 0 Å². The maximum atomic E-state index is 6.05. The van der Waals surface area contributed by atoms with Crippen LogP contribution < -0.4 is 10.6 Å². The van der Waals surface area contributed by atoms with Gasteiger partial charge in [-0.1, -0.05) is 24.9 Å². The first kappa shape index (κ1) is 14.3. The van der Waals surface area contributed by atoms with Gasteiger partial charge in [0.05, 0.1) is 0 Å². The van der Waals surface area contributed by atoms with Crippen molar-refractivity contribution in [2.45, 2.75) is 39.2 Å². The molecular weight excluding hydrogens is 232 g/mol. The minimum atomic E-state index is 0.159. The van der Waals surface area contributed by atoms with Crippen molar-refractivity contribution in [3.8, 4) is 0 Å². The third-order valence-electron chi connectivity index (χ3n) is 2.84. The summed E-state index contributed by atoms with van der Waals surface area (Å²) in [5.41, 5.74) is 8.37.